The zero-order valence-corrected chi connectivity index (χ0v) is 11.4. The highest BCUT2D eigenvalue weighted by Gasteiger charge is 2.08. The van der Waals surface area contributed by atoms with Crippen molar-refractivity contribution in [2.75, 3.05) is 0 Å². The van der Waals surface area contributed by atoms with Gasteiger partial charge in [-0.25, -0.2) is 4.79 Å². The van der Waals surface area contributed by atoms with E-state index in [1.54, 1.807) is 22.9 Å². The van der Waals surface area contributed by atoms with E-state index in [1.165, 1.54) is 0 Å². The Bertz CT molecular complexity index is 757. The molecule has 4 heteroatoms. The second-order valence-electron chi connectivity index (χ2n) is 4.48. The molecule has 1 heterocycles. The minimum absolute atomic E-state index is 0.362. The summed E-state index contributed by atoms with van der Waals surface area (Å²) in [7, 11) is 0. The molecule has 0 atom stereocenters. The average Bonchev–Trinajstić information content (AvgIpc) is 2.82. The fourth-order valence-corrected chi connectivity index (χ4v) is 2.14. The average molecular weight is 286 g/mol. The molecule has 0 radical (unpaired) electrons. The molecule has 0 fully saturated rings. The number of hydrogen-bond donors (Lipinski definition) is 0. The normalized spacial score (nSPS) is 10.7. The van der Waals surface area contributed by atoms with Gasteiger partial charge in [-0.15, -0.1) is 0 Å². The smallest absolute Gasteiger partial charge is 0.408 e. The lowest BCUT2D eigenvalue weighted by atomic mass is 10.2. The lowest BCUT2D eigenvalue weighted by Crippen LogP contribution is -2.13. The fraction of sp³-hybridized carbons (Fsp3) is 0.0625. The minimum Gasteiger partial charge on any atom is -0.408 e. The molecule has 1 aromatic heterocycles. The highest BCUT2D eigenvalue weighted by Crippen LogP contribution is 2.20. The molecule has 0 aliphatic carbocycles. The van der Waals surface area contributed by atoms with Crippen molar-refractivity contribution in [1.82, 2.24) is 4.57 Å². The van der Waals surface area contributed by atoms with Crippen LogP contribution in [0.5, 0.6) is 0 Å². The molecule has 2 aromatic carbocycles. The van der Waals surface area contributed by atoms with Crippen molar-refractivity contribution in [2.24, 2.45) is 0 Å². The van der Waals surface area contributed by atoms with Crippen molar-refractivity contribution in [3.05, 3.63) is 81.9 Å². The molecule has 0 saturated carbocycles. The number of rotatable bonds is 3. The zero-order chi connectivity index (χ0) is 13.9. The summed E-state index contributed by atoms with van der Waals surface area (Å²) < 4.78 is 6.83. The number of aromatic nitrogens is 1. The molecule has 0 N–H and O–H groups in total. The van der Waals surface area contributed by atoms with Crippen LogP contribution < -0.4 is 5.76 Å². The van der Waals surface area contributed by atoms with E-state index in [4.69, 9.17) is 16.0 Å². The molecular weight excluding hydrogens is 274 g/mol. The summed E-state index contributed by atoms with van der Waals surface area (Å²) in [4.78, 5) is 11.9. The van der Waals surface area contributed by atoms with Gasteiger partial charge in [0.2, 0.25) is 0 Å². The van der Waals surface area contributed by atoms with Gasteiger partial charge in [0.1, 0.15) is 0 Å². The van der Waals surface area contributed by atoms with Crippen LogP contribution in [-0.2, 0) is 6.54 Å². The Morgan fingerprint density at radius 3 is 2.40 bits per heavy atom. The van der Waals surface area contributed by atoms with E-state index in [1.807, 2.05) is 42.5 Å². The summed E-state index contributed by atoms with van der Waals surface area (Å²) >= 11 is 5.85. The van der Waals surface area contributed by atoms with Gasteiger partial charge in [-0.05, 0) is 29.8 Å². The summed E-state index contributed by atoms with van der Waals surface area (Å²) in [6.07, 6.45) is 1.72. The van der Waals surface area contributed by atoms with E-state index in [0.717, 1.165) is 11.1 Å². The maximum absolute atomic E-state index is 11.9. The van der Waals surface area contributed by atoms with E-state index in [2.05, 4.69) is 0 Å². The van der Waals surface area contributed by atoms with Crippen LogP contribution in [0.1, 0.15) is 5.56 Å². The van der Waals surface area contributed by atoms with Gasteiger partial charge in [-0.3, -0.25) is 4.57 Å². The van der Waals surface area contributed by atoms with Crippen molar-refractivity contribution >= 4 is 11.6 Å². The fourth-order valence-electron chi connectivity index (χ4n) is 2.01. The number of nitrogens with zero attached hydrogens (tertiary/aromatic N) is 1. The predicted molar refractivity (Wildman–Crippen MR) is 79.0 cm³/mol. The zero-order valence-electron chi connectivity index (χ0n) is 10.6. The standard InChI is InChI=1S/C16H12ClNO2/c17-14-8-6-13(7-9-14)15-11-18(16(19)20-15)10-12-4-2-1-3-5-12/h1-9,11H,10H2. The minimum atomic E-state index is -0.362. The second kappa shape index (κ2) is 5.39. The van der Waals surface area contributed by atoms with Gasteiger partial charge in [-0.1, -0.05) is 41.9 Å². The van der Waals surface area contributed by atoms with Crippen molar-refractivity contribution in [3.8, 4) is 11.3 Å². The van der Waals surface area contributed by atoms with Crippen molar-refractivity contribution in [1.29, 1.82) is 0 Å². The van der Waals surface area contributed by atoms with Crippen LogP contribution in [0.2, 0.25) is 5.02 Å². The Morgan fingerprint density at radius 1 is 1.00 bits per heavy atom. The SMILES string of the molecule is O=c1oc(-c2ccc(Cl)cc2)cn1Cc1ccccc1. The summed E-state index contributed by atoms with van der Waals surface area (Å²) in [5, 5.41) is 0.653. The van der Waals surface area contributed by atoms with Crippen LogP contribution >= 0.6 is 11.6 Å². The van der Waals surface area contributed by atoms with Crippen LogP contribution in [0, 0.1) is 0 Å². The maximum atomic E-state index is 11.9. The predicted octanol–water partition coefficient (Wildman–Crippen LogP) is 3.81. The van der Waals surface area contributed by atoms with Crippen LogP contribution in [0.25, 0.3) is 11.3 Å². The number of benzene rings is 2. The molecule has 0 aliphatic heterocycles. The molecule has 3 aromatic rings. The topological polar surface area (TPSA) is 35.1 Å². The Labute approximate surface area is 121 Å². The first-order chi connectivity index (χ1) is 9.72. The van der Waals surface area contributed by atoms with Gasteiger partial charge >= 0.3 is 5.76 Å². The van der Waals surface area contributed by atoms with E-state index in [0.29, 0.717) is 17.3 Å². The Hall–Kier alpha value is -2.26. The summed E-state index contributed by atoms with van der Waals surface area (Å²) in [6.45, 7) is 0.497. The largest absolute Gasteiger partial charge is 0.419 e. The van der Waals surface area contributed by atoms with Crippen LogP contribution in [-0.4, -0.2) is 4.57 Å². The van der Waals surface area contributed by atoms with Crippen LogP contribution in [0.3, 0.4) is 0 Å². The molecular formula is C16H12ClNO2. The highest BCUT2D eigenvalue weighted by molar-refractivity contribution is 6.30. The number of hydrogen-bond acceptors (Lipinski definition) is 2. The summed E-state index contributed by atoms with van der Waals surface area (Å²) in [5.74, 6) is 0.182. The summed E-state index contributed by atoms with van der Waals surface area (Å²) in [5.41, 5.74) is 1.89. The third-order valence-electron chi connectivity index (χ3n) is 3.03. The van der Waals surface area contributed by atoms with Gasteiger partial charge in [0, 0.05) is 10.6 Å². The molecule has 0 spiro atoms. The first-order valence-corrected chi connectivity index (χ1v) is 6.60. The molecule has 100 valence electrons. The molecule has 0 unspecified atom stereocenters. The second-order valence-corrected chi connectivity index (χ2v) is 4.92. The first-order valence-electron chi connectivity index (χ1n) is 6.22. The first kappa shape index (κ1) is 12.8. The third-order valence-corrected chi connectivity index (χ3v) is 3.28. The van der Waals surface area contributed by atoms with Gasteiger partial charge in [0.05, 0.1) is 12.7 Å². The van der Waals surface area contributed by atoms with Crippen LogP contribution in [0.15, 0.2) is 70.0 Å². The lowest BCUT2D eigenvalue weighted by molar-refractivity contribution is 0.497. The Balaban J connectivity index is 1.91. The maximum Gasteiger partial charge on any atom is 0.419 e. The Kier molecular flexibility index (Phi) is 3.44. The molecule has 0 amide bonds. The number of oxazole rings is 1. The van der Waals surface area contributed by atoms with Gasteiger partial charge in [-0.2, -0.15) is 0 Å². The molecule has 0 bridgehead atoms. The van der Waals surface area contributed by atoms with Gasteiger partial charge in [0.15, 0.2) is 5.76 Å². The molecule has 20 heavy (non-hydrogen) atoms. The van der Waals surface area contributed by atoms with E-state index in [-0.39, 0.29) is 5.76 Å². The van der Waals surface area contributed by atoms with Crippen LogP contribution in [0.4, 0.5) is 0 Å². The molecule has 0 aliphatic rings. The quantitative estimate of drug-likeness (QED) is 0.733. The van der Waals surface area contributed by atoms with Gasteiger partial charge < -0.3 is 4.42 Å². The summed E-state index contributed by atoms with van der Waals surface area (Å²) in [6, 6.07) is 17.0. The van der Waals surface area contributed by atoms with Crippen molar-refractivity contribution in [3.63, 3.8) is 0 Å². The third kappa shape index (κ3) is 2.68. The van der Waals surface area contributed by atoms with Crippen molar-refractivity contribution < 1.29 is 4.42 Å². The van der Waals surface area contributed by atoms with Gasteiger partial charge in [0.25, 0.3) is 0 Å². The van der Waals surface area contributed by atoms with Crippen molar-refractivity contribution in [2.45, 2.75) is 6.54 Å². The van der Waals surface area contributed by atoms with E-state index in [9.17, 15) is 4.79 Å². The van der Waals surface area contributed by atoms with E-state index >= 15 is 0 Å². The molecule has 3 rings (SSSR count). The monoisotopic (exact) mass is 285 g/mol. The molecule has 0 saturated heterocycles. The lowest BCUT2D eigenvalue weighted by Gasteiger charge is -1.99. The van der Waals surface area contributed by atoms with E-state index < -0.39 is 0 Å². The molecule has 3 nitrogen and oxygen atoms in total. The Morgan fingerprint density at radius 2 is 1.70 bits per heavy atom. The number of halogens is 1. The highest BCUT2D eigenvalue weighted by atomic mass is 35.5.